The van der Waals surface area contributed by atoms with Crippen molar-refractivity contribution < 1.29 is 23.4 Å². The van der Waals surface area contributed by atoms with Crippen molar-refractivity contribution in [3.05, 3.63) is 59.9 Å². The fraction of sp³-hybridized carbons (Fsp3) is 0.381. The van der Waals surface area contributed by atoms with Crippen LogP contribution in [0.25, 0.3) is 0 Å². The van der Waals surface area contributed by atoms with Gasteiger partial charge in [0, 0.05) is 13.2 Å². The lowest BCUT2D eigenvalue weighted by molar-refractivity contribution is -0.131. The van der Waals surface area contributed by atoms with E-state index in [2.05, 4.69) is 5.32 Å². The minimum Gasteiger partial charge on any atom is -0.486 e. The lowest BCUT2D eigenvalue weighted by Crippen LogP contribution is -2.51. The third-order valence-corrected chi connectivity index (χ3v) is 5.24. The zero-order valence-electron chi connectivity index (χ0n) is 14.9. The topological polar surface area (TPSA) is 56.8 Å². The fourth-order valence-electron chi connectivity index (χ4n) is 3.68. The van der Waals surface area contributed by atoms with Crippen LogP contribution in [0.3, 0.4) is 0 Å². The van der Waals surface area contributed by atoms with Gasteiger partial charge in [0.1, 0.15) is 18.5 Å². The maximum atomic E-state index is 13.3. The Hall–Kier alpha value is -2.60. The summed E-state index contributed by atoms with van der Waals surface area (Å²) in [5.74, 6) is 1.00. The largest absolute Gasteiger partial charge is 0.486 e. The molecule has 1 amide bonds. The second-order valence-corrected chi connectivity index (χ2v) is 6.91. The summed E-state index contributed by atoms with van der Waals surface area (Å²) in [4.78, 5) is 13.1. The number of halogens is 1. The zero-order valence-corrected chi connectivity index (χ0v) is 14.9. The number of hydrogen-bond acceptors (Lipinski definition) is 4. The molecule has 4 rings (SSSR count). The molecule has 2 aromatic rings. The van der Waals surface area contributed by atoms with E-state index in [-0.39, 0.29) is 17.8 Å². The van der Waals surface area contributed by atoms with Crippen molar-refractivity contribution >= 4 is 5.91 Å². The summed E-state index contributed by atoms with van der Waals surface area (Å²) >= 11 is 0. The molecular formula is C21H22FNO4. The van der Waals surface area contributed by atoms with Crippen LogP contribution >= 0.6 is 0 Å². The fourth-order valence-corrected chi connectivity index (χ4v) is 3.68. The number of amides is 1. The first kappa shape index (κ1) is 17.8. The van der Waals surface area contributed by atoms with Gasteiger partial charge in [-0.25, -0.2) is 4.39 Å². The molecule has 1 N–H and O–H groups in total. The number of benzene rings is 2. The molecule has 27 heavy (non-hydrogen) atoms. The van der Waals surface area contributed by atoms with Crippen LogP contribution < -0.4 is 14.8 Å². The van der Waals surface area contributed by atoms with E-state index in [1.54, 1.807) is 12.1 Å². The van der Waals surface area contributed by atoms with Crippen LogP contribution in [-0.2, 0) is 14.9 Å². The smallest absolute Gasteiger partial charge is 0.230 e. The molecular weight excluding hydrogens is 349 g/mol. The summed E-state index contributed by atoms with van der Waals surface area (Å²) in [6.07, 6.45) is 0.874. The molecule has 0 aromatic heterocycles. The van der Waals surface area contributed by atoms with Crippen LogP contribution in [0.1, 0.15) is 18.4 Å². The molecule has 2 heterocycles. The standard InChI is InChI=1S/C21H22FNO4/c22-16-7-5-15(6-8-16)21(9-11-25-12-10-21)20(24)23-13-17-14-26-18-3-1-2-4-19(18)27-17/h1-8,17H,9-14H2,(H,23,24). The number of nitrogens with one attached hydrogen (secondary N) is 1. The molecule has 2 aliphatic heterocycles. The van der Waals surface area contributed by atoms with E-state index >= 15 is 0 Å². The number of carbonyl (C=O) groups excluding carboxylic acids is 1. The molecule has 1 saturated heterocycles. The highest BCUT2D eigenvalue weighted by atomic mass is 19.1. The van der Waals surface area contributed by atoms with Crippen molar-refractivity contribution in [1.82, 2.24) is 5.32 Å². The minimum absolute atomic E-state index is 0.0835. The number of ether oxygens (including phenoxy) is 3. The summed E-state index contributed by atoms with van der Waals surface area (Å²) in [6, 6.07) is 13.7. The molecule has 0 bridgehead atoms. The average Bonchev–Trinajstić information content (AvgIpc) is 2.73. The normalized spacial score (nSPS) is 20.7. The summed E-state index contributed by atoms with van der Waals surface area (Å²) in [7, 11) is 0. The van der Waals surface area contributed by atoms with E-state index < -0.39 is 5.41 Å². The highest BCUT2D eigenvalue weighted by molar-refractivity contribution is 5.88. The van der Waals surface area contributed by atoms with Crippen LogP contribution in [0.15, 0.2) is 48.5 Å². The Morgan fingerprint density at radius 1 is 1.07 bits per heavy atom. The molecule has 1 unspecified atom stereocenters. The molecule has 6 heteroatoms. The highest BCUT2D eigenvalue weighted by Gasteiger charge is 2.42. The third-order valence-electron chi connectivity index (χ3n) is 5.24. The first-order valence-corrected chi connectivity index (χ1v) is 9.18. The van der Waals surface area contributed by atoms with Gasteiger partial charge in [0.25, 0.3) is 0 Å². The van der Waals surface area contributed by atoms with Gasteiger partial charge in [-0.1, -0.05) is 24.3 Å². The van der Waals surface area contributed by atoms with Gasteiger partial charge in [0.15, 0.2) is 11.5 Å². The van der Waals surface area contributed by atoms with Crippen molar-refractivity contribution in [2.24, 2.45) is 0 Å². The van der Waals surface area contributed by atoms with Crippen molar-refractivity contribution in [3.8, 4) is 11.5 Å². The quantitative estimate of drug-likeness (QED) is 0.898. The Morgan fingerprint density at radius 3 is 2.52 bits per heavy atom. The van der Waals surface area contributed by atoms with Gasteiger partial charge in [-0.05, 0) is 42.7 Å². The molecule has 1 atom stereocenters. The summed E-state index contributed by atoms with van der Waals surface area (Å²) in [6.45, 7) is 1.73. The average molecular weight is 371 g/mol. The highest BCUT2D eigenvalue weighted by Crippen LogP contribution is 2.35. The number of rotatable bonds is 4. The molecule has 1 fully saturated rings. The van der Waals surface area contributed by atoms with Gasteiger partial charge in [-0.15, -0.1) is 0 Å². The maximum Gasteiger partial charge on any atom is 0.230 e. The van der Waals surface area contributed by atoms with E-state index in [1.165, 1.54) is 12.1 Å². The Kier molecular flexibility index (Phi) is 4.99. The summed E-state index contributed by atoms with van der Waals surface area (Å²) in [5.41, 5.74) is 0.107. The Bertz CT molecular complexity index is 802. The van der Waals surface area contributed by atoms with Gasteiger partial charge in [-0.3, -0.25) is 4.79 Å². The van der Waals surface area contributed by atoms with Gasteiger partial charge in [-0.2, -0.15) is 0 Å². The Labute approximate surface area is 157 Å². The monoisotopic (exact) mass is 371 g/mol. The van der Waals surface area contributed by atoms with Crippen molar-refractivity contribution in [2.45, 2.75) is 24.4 Å². The number of carbonyl (C=O) groups is 1. The van der Waals surface area contributed by atoms with Crippen LogP contribution in [-0.4, -0.2) is 38.4 Å². The SMILES string of the molecule is O=C(NCC1COc2ccccc2O1)C1(c2ccc(F)cc2)CCOCC1. The van der Waals surface area contributed by atoms with Crippen LogP contribution in [0.5, 0.6) is 11.5 Å². The lowest BCUT2D eigenvalue weighted by atomic mass is 9.73. The van der Waals surface area contributed by atoms with Crippen LogP contribution in [0, 0.1) is 5.82 Å². The number of para-hydroxylation sites is 2. The van der Waals surface area contributed by atoms with Crippen molar-refractivity contribution in [3.63, 3.8) is 0 Å². The molecule has 0 saturated carbocycles. The van der Waals surface area contributed by atoms with Crippen molar-refractivity contribution in [2.75, 3.05) is 26.4 Å². The van der Waals surface area contributed by atoms with Crippen molar-refractivity contribution in [1.29, 1.82) is 0 Å². The zero-order chi connectivity index (χ0) is 18.7. The number of hydrogen-bond donors (Lipinski definition) is 1. The van der Waals surface area contributed by atoms with Gasteiger partial charge < -0.3 is 19.5 Å². The van der Waals surface area contributed by atoms with Gasteiger partial charge in [0.05, 0.1) is 12.0 Å². The van der Waals surface area contributed by atoms with E-state index in [0.717, 1.165) is 5.56 Å². The Morgan fingerprint density at radius 2 is 1.78 bits per heavy atom. The molecule has 5 nitrogen and oxygen atoms in total. The lowest BCUT2D eigenvalue weighted by Gasteiger charge is -2.37. The molecule has 2 aromatic carbocycles. The van der Waals surface area contributed by atoms with Crippen LogP contribution in [0.2, 0.25) is 0 Å². The summed E-state index contributed by atoms with van der Waals surface area (Å²) < 4.78 is 30.4. The van der Waals surface area contributed by atoms with E-state index in [0.29, 0.717) is 50.7 Å². The van der Waals surface area contributed by atoms with Crippen LogP contribution in [0.4, 0.5) is 4.39 Å². The molecule has 0 spiro atoms. The first-order chi connectivity index (χ1) is 13.2. The summed E-state index contributed by atoms with van der Waals surface area (Å²) in [5, 5.41) is 3.01. The maximum absolute atomic E-state index is 13.3. The molecule has 0 radical (unpaired) electrons. The minimum atomic E-state index is -0.709. The van der Waals surface area contributed by atoms with E-state index in [4.69, 9.17) is 14.2 Å². The Balaban J connectivity index is 1.46. The second kappa shape index (κ2) is 7.56. The van der Waals surface area contributed by atoms with Gasteiger partial charge in [0.2, 0.25) is 5.91 Å². The third kappa shape index (κ3) is 3.62. The molecule has 0 aliphatic carbocycles. The second-order valence-electron chi connectivity index (χ2n) is 6.91. The predicted octanol–water partition coefficient (Wildman–Crippen LogP) is 2.83. The number of fused-ring (bicyclic) bond motifs is 1. The molecule has 142 valence electrons. The van der Waals surface area contributed by atoms with E-state index in [9.17, 15) is 9.18 Å². The first-order valence-electron chi connectivity index (χ1n) is 9.18. The molecule has 2 aliphatic rings. The van der Waals surface area contributed by atoms with Gasteiger partial charge >= 0.3 is 0 Å². The van der Waals surface area contributed by atoms with E-state index in [1.807, 2.05) is 24.3 Å². The predicted molar refractivity (Wildman–Crippen MR) is 97.5 cm³/mol.